The van der Waals surface area contributed by atoms with Crippen molar-refractivity contribution >= 4 is 11.9 Å². The van der Waals surface area contributed by atoms with Crippen molar-refractivity contribution in [3.8, 4) is 0 Å². The molecule has 2 rings (SSSR count). The number of nitrogens with zero attached hydrogens (tertiary/aromatic N) is 2. The summed E-state index contributed by atoms with van der Waals surface area (Å²) in [4.78, 5) is 22.5. The number of rotatable bonds is 7. The monoisotopic (exact) mass is 265 g/mol. The summed E-state index contributed by atoms with van der Waals surface area (Å²) in [5.41, 5.74) is -0.215. The molecule has 1 heterocycles. The molecule has 0 aliphatic heterocycles. The normalized spacial score (nSPS) is 16.6. The van der Waals surface area contributed by atoms with Crippen molar-refractivity contribution in [3.05, 3.63) is 18.5 Å². The van der Waals surface area contributed by atoms with Gasteiger partial charge in [-0.15, -0.1) is 0 Å². The van der Waals surface area contributed by atoms with Gasteiger partial charge in [0.25, 0.3) is 0 Å². The van der Waals surface area contributed by atoms with E-state index in [1.54, 1.807) is 10.9 Å². The van der Waals surface area contributed by atoms with Crippen LogP contribution < -0.4 is 5.32 Å². The molecule has 0 radical (unpaired) electrons. The molecule has 1 aromatic rings. The highest BCUT2D eigenvalue weighted by molar-refractivity contribution is 5.76. The lowest BCUT2D eigenvalue weighted by Gasteiger charge is -2.40. The Kier molecular flexibility index (Phi) is 4.19. The third-order valence-electron chi connectivity index (χ3n) is 3.73. The molecule has 1 aromatic heterocycles. The van der Waals surface area contributed by atoms with E-state index < -0.39 is 5.97 Å². The lowest BCUT2D eigenvalue weighted by molar-refractivity contribution is -0.141. The molecule has 0 aromatic carbocycles. The van der Waals surface area contributed by atoms with Crippen LogP contribution >= 0.6 is 0 Å². The molecule has 104 valence electrons. The highest BCUT2D eigenvalue weighted by Crippen LogP contribution is 2.43. The molecule has 1 aliphatic rings. The van der Waals surface area contributed by atoms with Gasteiger partial charge >= 0.3 is 5.97 Å². The average molecular weight is 265 g/mol. The minimum atomic E-state index is -0.787. The van der Waals surface area contributed by atoms with Gasteiger partial charge < -0.3 is 10.4 Å². The lowest BCUT2D eigenvalue weighted by Crippen LogP contribution is -2.43. The van der Waals surface area contributed by atoms with Crippen molar-refractivity contribution < 1.29 is 14.7 Å². The lowest BCUT2D eigenvalue weighted by atomic mass is 9.66. The van der Waals surface area contributed by atoms with Gasteiger partial charge in [0.05, 0.1) is 6.42 Å². The van der Waals surface area contributed by atoms with Gasteiger partial charge in [-0.1, -0.05) is 6.42 Å². The fourth-order valence-corrected chi connectivity index (χ4v) is 2.44. The van der Waals surface area contributed by atoms with E-state index in [-0.39, 0.29) is 17.7 Å². The summed E-state index contributed by atoms with van der Waals surface area (Å²) >= 11 is 0. The van der Waals surface area contributed by atoms with E-state index >= 15 is 0 Å². The Morgan fingerprint density at radius 3 is 2.74 bits per heavy atom. The molecule has 6 heteroatoms. The van der Waals surface area contributed by atoms with Crippen LogP contribution in [0.2, 0.25) is 0 Å². The topological polar surface area (TPSA) is 84.2 Å². The van der Waals surface area contributed by atoms with Crippen LogP contribution in [0.15, 0.2) is 18.5 Å². The van der Waals surface area contributed by atoms with E-state index in [4.69, 9.17) is 5.11 Å². The molecule has 0 bridgehead atoms. The molecule has 6 nitrogen and oxygen atoms in total. The zero-order valence-corrected chi connectivity index (χ0v) is 10.8. The smallest absolute Gasteiger partial charge is 0.303 e. The maximum atomic E-state index is 11.7. The first-order chi connectivity index (χ1) is 9.10. The number of aryl methyl sites for hydroxylation is 1. The highest BCUT2D eigenvalue weighted by atomic mass is 16.4. The van der Waals surface area contributed by atoms with Crippen molar-refractivity contribution in [3.63, 3.8) is 0 Å². The number of nitrogens with one attached hydrogen (secondary N) is 1. The Hall–Kier alpha value is -1.85. The molecule has 0 unspecified atom stereocenters. The molecule has 1 fully saturated rings. The first-order valence-electron chi connectivity index (χ1n) is 6.56. The van der Waals surface area contributed by atoms with E-state index in [1.165, 1.54) is 0 Å². The third kappa shape index (κ3) is 3.81. The number of carbonyl (C=O) groups is 2. The second-order valence-corrected chi connectivity index (χ2v) is 5.22. The summed E-state index contributed by atoms with van der Waals surface area (Å²) in [5, 5.41) is 15.8. The number of carbonyl (C=O) groups excluding carboxylic acids is 1. The summed E-state index contributed by atoms with van der Waals surface area (Å²) in [7, 11) is 0. The van der Waals surface area contributed by atoms with Gasteiger partial charge in [-0.05, 0) is 24.3 Å². The molecular formula is C13H19N3O3. The number of amides is 1. The molecule has 1 aliphatic carbocycles. The van der Waals surface area contributed by atoms with Gasteiger partial charge in [-0.2, -0.15) is 5.10 Å². The average Bonchev–Trinajstić information content (AvgIpc) is 2.82. The molecule has 0 saturated heterocycles. The van der Waals surface area contributed by atoms with Gasteiger partial charge in [0.15, 0.2) is 0 Å². The predicted octanol–water partition coefficient (Wildman–Crippen LogP) is 1.03. The molecule has 1 amide bonds. The van der Waals surface area contributed by atoms with E-state index in [0.717, 1.165) is 19.3 Å². The molecule has 2 N–H and O–H groups in total. The second kappa shape index (κ2) is 5.86. The van der Waals surface area contributed by atoms with E-state index in [0.29, 0.717) is 19.5 Å². The first kappa shape index (κ1) is 13.6. The van der Waals surface area contributed by atoms with Crippen molar-refractivity contribution in [2.24, 2.45) is 5.41 Å². The largest absolute Gasteiger partial charge is 0.481 e. The van der Waals surface area contributed by atoms with Gasteiger partial charge in [0, 0.05) is 31.9 Å². The predicted molar refractivity (Wildman–Crippen MR) is 68.4 cm³/mol. The summed E-state index contributed by atoms with van der Waals surface area (Å²) in [5.74, 6) is -0.836. The molecular weight excluding hydrogens is 246 g/mol. The van der Waals surface area contributed by atoms with E-state index in [1.807, 2.05) is 12.3 Å². The number of hydrogen-bond donors (Lipinski definition) is 2. The maximum Gasteiger partial charge on any atom is 0.303 e. The quantitative estimate of drug-likeness (QED) is 0.771. The third-order valence-corrected chi connectivity index (χ3v) is 3.73. The fourth-order valence-electron chi connectivity index (χ4n) is 2.44. The SMILES string of the molecule is O=C(O)CC1(CNC(=O)CCn2cccn2)CCC1. The van der Waals surface area contributed by atoms with Crippen LogP contribution in [-0.2, 0) is 16.1 Å². The molecule has 0 spiro atoms. The van der Waals surface area contributed by atoms with Crippen LogP contribution in [0.4, 0.5) is 0 Å². The highest BCUT2D eigenvalue weighted by Gasteiger charge is 2.39. The van der Waals surface area contributed by atoms with Crippen LogP contribution in [0.25, 0.3) is 0 Å². The van der Waals surface area contributed by atoms with E-state index in [2.05, 4.69) is 10.4 Å². The van der Waals surface area contributed by atoms with E-state index in [9.17, 15) is 9.59 Å². The summed E-state index contributed by atoms with van der Waals surface area (Å²) in [6, 6.07) is 1.81. The Labute approximate surface area is 111 Å². The number of hydrogen-bond acceptors (Lipinski definition) is 3. The number of carboxylic acids is 1. The minimum Gasteiger partial charge on any atom is -0.481 e. The van der Waals surface area contributed by atoms with Crippen LogP contribution in [0.1, 0.15) is 32.1 Å². The zero-order valence-electron chi connectivity index (χ0n) is 10.8. The van der Waals surface area contributed by atoms with Crippen LogP contribution in [-0.4, -0.2) is 33.3 Å². The maximum absolute atomic E-state index is 11.7. The Morgan fingerprint density at radius 1 is 1.42 bits per heavy atom. The van der Waals surface area contributed by atoms with Crippen LogP contribution in [0, 0.1) is 5.41 Å². The zero-order chi connectivity index (χ0) is 13.7. The Balaban J connectivity index is 1.72. The Bertz CT molecular complexity index is 438. The standard InChI is InChI=1S/C13H19N3O3/c17-11(3-8-16-7-2-6-15-16)14-10-13(4-1-5-13)9-12(18)19/h2,6-7H,1,3-5,8-10H2,(H,14,17)(H,18,19). The second-order valence-electron chi connectivity index (χ2n) is 5.22. The minimum absolute atomic E-state index is 0.0489. The molecule has 19 heavy (non-hydrogen) atoms. The van der Waals surface area contributed by atoms with Gasteiger partial charge in [-0.25, -0.2) is 0 Å². The molecule has 1 saturated carbocycles. The van der Waals surface area contributed by atoms with Crippen molar-refractivity contribution in [1.82, 2.24) is 15.1 Å². The number of carboxylic acid groups (broad SMARTS) is 1. The van der Waals surface area contributed by atoms with Crippen LogP contribution in [0.3, 0.4) is 0 Å². The number of aliphatic carboxylic acids is 1. The summed E-state index contributed by atoms with van der Waals surface area (Å²) in [6.45, 7) is 1.02. The summed E-state index contributed by atoms with van der Waals surface area (Å²) in [6.07, 6.45) is 6.82. The van der Waals surface area contributed by atoms with Gasteiger partial charge in [0.2, 0.25) is 5.91 Å². The summed E-state index contributed by atoms with van der Waals surface area (Å²) < 4.78 is 1.70. The fraction of sp³-hybridized carbons (Fsp3) is 0.615. The van der Waals surface area contributed by atoms with Crippen molar-refractivity contribution in [2.75, 3.05) is 6.54 Å². The Morgan fingerprint density at radius 2 is 2.21 bits per heavy atom. The van der Waals surface area contributed by atoms with Crippen molar-refractivity contribution in [1.29, 1.82) is 0 Å². The van der Waals surface area contributed by atoms with Gasteiger partial charge in [0.1, 0.15) is 0 Å². The van der Waals surface area contributed by atoms with Crippen molar-refractivity contribution in [2.45, 2.75) is 38.6 Å². The van der Waals surface area contributed by atoms with Gasteiger partial charge in [-0.3, -0.25) is 14.3 Å². The first-order valence-corrected chi connectivity index (χ1v) is 6.56. The van der Waals surface area contributed by atoms with Crippen LogP contribution in [0.5, 0.6) is 0 Å². The molecule has 0 atom stereocenters. The number of aromatic nitrogens is 2.